The van der Waals surface area contributed by atoms with Crippen LogP contribution >= 0.6 is 0 Å². The number of fused-ring (bicyclic) bond motifs is 1. The number of amides is 2. The van der Waals surface area contributed by atoms with Gasteiger partial charge >= 0.3 is 0 Å². The highest BCUT2D eigenvalue weighted by Gasteiger charge is 2.10. The molecule has 0 atom stereocenters. The zero-order valence-electron chi connectivity index (χ0n) is 16.8. The topological polar surface area (TPSA) is 71.1 Å². The molecule has 0 aliphatic carbocycles. The Balaban J connectivity index is 1.61. The third-order valence-electron chi connectivity index (χ3n) is 4.89. The molecule has 0 fully saturated rings. The van der Waals surface area contributed by atoms with Crippen molar-refractivity contribution in [2.24, 2.45) is 0 Å². The fourth-order valence-corrected chi connectivity index (χ4v) is 3.41. The van der Waals surface area contributed by atoms with Gasteiger partial charge in [0, 0.05) is 41.6 Å². The Morgan fingerprint density at radius 2 is 1.67 bits per heavy atom. The van der Waals surface area contributed by atoms with Crippen molar-refractivity contribution in [2.75, 3.05) is 10.6 Å². The number of pyridine rings is 1. The maximum absolute atomic E-state index is 12.7. The van der Waals surface area contributed by atoms with Gasteiger partial charge in [-0.2, -0.15) is 0 Å². The van der Waals surface area contributed by atoms with Crippen LogP contribution in [0.2, 0.25) is 0 Å². The van der Waals surface area contributed by atoms with Crippen molar-refractivity contribution in [3.63, 3.8) is 0 Å². The van der Waals surface area contributed by atoms with Gasteiger partial charge in [-0.25, -0.2) is 0 Å². The van der Waals surface area contributed by atoms with E-state index in [0.717, 1.165) is 27.5 Å². The van der Waals surface area contributed by atoms with Crippen LogP contribution in [0.1, 0.15) is 22.8 Å². The average molecular weight is 395 g/mol. The van der Waals surface area contributed by atoms with E-state index in [-0.39, 0.29) is 11.8 Å². The minimum atomic E-state index is -0.236. The highest BCUT2D eigenvalue weighted by atomic mass is 16.2. The molecule has 5 heteroatoms. The maximum Gasteiger partial charge on any atom is 0.255 e. The van der Waals surface area contributed by atoms with E-state index in [1.165, 1.54) is 6.92 Å². The molecular weight excluding hydrogens is 374 g/mol. The molecule has 2 amide bonds. The van der Waals surface area contributed by atoms with Gasteiger partial charge in [0.25, 0.3) is 5.91 Å². The van der Waals surface area contributed by atoms with Gasteiger partial charge in [0.2, 0.25) is 5.91 Å². The van der Waals surface area contributed by atoms with Crippen molar-refractivity contribution < 1.29 is 9.59 Å². The van der Waals surface area contributed by atoms with Crippen LogP contribution in [0.3, 0.4) is 0 Å². The van der Waals surface area contributed by atoms with Gasteiger partial charge < -0.3 is 10.6 Å². The molecule has 2 N–H and O–H groups in total. The third-order valence-corrected chi connectivity index (χ3v) is 4.89. The lowest BCUT2D eigenvalue weighted by molar-refractivity contribution is -0.114. The summed E-state index contributed by atoms with van der Waals surface area (Å²) >= 11 is 0. The van der Waals surface area contributed by atoms with Gasteiger partial charge in [0.05, 0.1) is 0 Å². The van der Waals surface area contributed by atoms with Crippen LogP contribution in [0.15, 0.2) is 79.1 Å². The van der Waals surface area contributed by atoms with E-state index in [9.17, 15) is 9.59 Å². The first-order valence-electron chi connectivity index (χ1n) is 9.63. The second-order valence-electron chi connectivity index (χ2n) is 7.18. The Kier molecular flexibility index (Phi) is 5.26. The summed E-state index contributed by atoms with van der Waals surface area (Å²) in [4.78, 5) is 28.2. The minimum Gasteiger partial charge on any atom is -0.326 e. The molecule has 0 saturated carbocycles. The van der Waals surface area contributed by atoms with Crippen molar-refractivity contribution in [3.05, 3.63) is 90.3 Å². The lowest BCUT2D eigenvalue weighted by Gasteiger charge is -2.12. The third kappa shape index (κ3) is 4.20. The Morgan fingerprint density at radius 3 is 2.50 bits per heavy atom. The Morgan fingerprint density at radius 1 is 0.833 bits per heavy atom. The van der Waals surface area contributed by atoms with Crippen LogP contribution < -0.4 is 10.6 Å². The number of nitrogens with zero attached hydrogens (tertiary/aromatic N) is 1. The van der Waals surface area contributed by atoms with E-state index < -0.39 is 0 Å². The summed E-state index contributed by atoms with van der Waals surface area (Å²) in [6.07, 6.45) is 3.63. The summed E-state index contributed by atoms with van der Waals surface area (Å²) in [7, 11) is 0. The van der Waals surface area contributed by atoms with Gasteiger partial charge in [-0.05, 0) is 71.5 Å². The molecule has 0 aliphatic rings. The molecule has 3 aromatic carbocycles. The minimum absolute atomic E-state index is 0.179. The molecule has 0 saturated heterocycles. The summed E-state index contributed by atoms with van der Waals surface area (Å²) in [6.45, 7) is 3.48. The molecule has 1 aromatic heterocycles. The van der Waals surface area contributed by atoms with Crippen molar-refractivity contribution in [3.8, 4) is 11.1 Å². The standard InChI is InChI=1S/C25H21N3O2/c1-16-6-9-23(28-25(30)20-4-3-5-22(13-20)27-17(2)29)14-24(16)19-8-7-18-10-11-26-15-21(18)12-19/h3-15H,1-2H3,(H,27,29)(H,28,30). The number of nitrogens with one attached hydrogen (secondary N) is 2. The normalized spacial score (nSPS) is 10.6. The first-order chi connectivity index (χ1) is 14.5. The zero-order valence-corrected chi connectivity index (χ0v) is 16.8. The second-order valence-corrected chi connectivity index (χ2v) is 7.18. The number of aryl methyl sites for hydroxylation is 1. The number of anilines is 2. The summed E-state index contributed by atoms with van der Waals surface area (Å²) in [5.41, 5.74) is 4.99. The highest BCUT2D eigenvalue weighted by molar-refractivity contribution is 6.05. The first kappa shape index (κ1) is 19.3. The van der Waals surface area contributed by atoms with E-state index >= 15 is 0 Å². The molecule has 4 rings (SSSR count). The lowest BCUT2D eigenvalue weighted by Crippen LogP contribution is -2.13. The van der Waals surface area contributed by atoms with Crippen LogP contribution in [0.5, 0.6) is 0 Å². The predicted octanol–water partition coefficient (Wildman–Crippen LogP) is 5.42. The van der Waals surface area contributed by atoms with E-state index in [1.54, 1.807) is 30.5 Å². The van der Waals surface area contributed by atoms with E-state index in [4.69, 9.17) is 0 Å². The number of hydrogen-bond acceptors (Lipinski definition) is 3. The summed E-state index contributed by atoms with van der Waals surface area (Å²) < 4.78 is 0. The molecule has 148 valence electrons. The molecule has 0 radical (unpaired) electrons. The zero-order chi connectivity index (χ0) is 21.1. The highest BCUT2D eigenvalue weighted by Crippen LogP contribution is 2.29. The molecule has 0 spiro atoms. The number of carbonyl (C=O) groups is 2. The van der Waals surface area contributed by atoms with Gasteiger partial charge in [-0.15, -0.1) is 0 Å². The SMILES string of the molecule is CC(=O)Nc1cccc(C(=O)Nc2ccc(C)c(-c3ccc4ccncc4c3)c2)c1. The number of aromatic nitrogens is 1. The Hall–Kier alpha value is -3.99. The second kappa shape index (κ2) is 8.17. The monoisotopic (exact) mass is 395 g/mol. The van der Waals surface area contributed by atoms with E-state index in [0.29, 0.717) is 16.9 Å². The van der Waals surface area contributed by atoms with Crippen molar-refractivity contribution in [2.45, 2.75) is 13.8 Å². The lowest BCUT2D eigenvalue weighted by atomic mass is 9.98. The van der Waals surface area contributed by atoms with Crippen LogP contribution in [0.25, 0.3) is 21.9 Å². The van der Waals surface area contributed by atoms with E-state index in [1.807, 2.05) is 37.4 Å². The van der Waals surface area contributed by atoms with Crippen molar-refractivity contribution in [1.29, 1.82) is 0 Å². The number of benzene rings is 3. The summed E-state index contributed by atoms with van der Waals surface area (Å²) in [5.74, 6) is -0.416. The molecule has 0 aliphatic heterocycles. The van der Waals surface area contributed by atoms with Gasteiger partial charge in [0.1, 0.15) is 0 Å². The van der Waals surface area contributed by atoms with Crippen LogP contribution in [-0.2, 0) is 4.79 Å². The molecule has 0 bridgehead atoms. The summed E-state index contributed by atoms with van der Waals surface area (Å²) in [6, 6.07) is 20.9. The quantitative estimate of drug-likeness (QED) is 0.485. The summed E-state index contributed by atoms with van der Waals surface area (Å²) in [5, 5.41) is 7.84. The van der Waals surface area contributed by atoms with Gasteiger partial charge in [-0.1, -0.05) is 24.3 Å². The molecule has 4 aromatic rings. The first-order valence-corrected chi connectivity index (χ1v) is 9.63. The molecule has 30 heavy (non-hydrogen) atoms. The Labute approximate surface area is 174 Å². The van der Waals surface area contributed by atoms with Gasteiger partial charge in [-0.3, -0.25) is 14.6 Å². The van der Waals surface area contributed by atoms with E-state index in [2.05, 4.69) is 33.8 Å². The van der Waals surface area contributed by atoms with Gasteiger partial charge in [0.15, 0.2) is 0 Å². The molecular formula is C25H21N3O2. The fraction of sp³-hybridized carbons (Fsp3) is 0.0800. The van der Waals surface area contributed by atoms with Crippen LogP contribution in [0.4, 0.5) is 11.4 Å². The average Bonchev–Trinajstić information content (AvgIpc) is 2.74. The predicted molar refractivity (Wildman–Crippen MR) is 121 cm³/mol. The van der Waals surface area contributed by atoms with Crippen molar-refractivity contribution >= 4 is 34.0 Å². The molecule has 0 unspecified atom stereocenters. The van der Waals surface area contributed by atoms with Crippen molar-refractivity contribution in [1.82, 2.24) is 4.98 Å². The number of carbonyl (C=O) groups excluding carboxylic acids is 2. The largest absolute Gasteiger partial charge is 0.326 e. The number of hydrogen-bond donors (Lipinski definition) is 2. The fourth-order valence-electron chi connectivity index (χ4n) is 3.41. The molecule has 1 heterocycles. The van der Waals surface area contributed by atoms with Crippen LogP contribution in [0, 0.1) is 6.92 Å². The maximum atomic E-state index is 12.7. The number of rotatable bonds is 4. The van der Waals surface area contributed by atoms with Crippen LogP contribution in [-0.4, -0.2) is 16.8 Å². The smallest absolute Gasteiger partial charge is 0.255 e. The Bertz CT molecular complexity index is 1260. The molecule has 5 nitrogen and oxygen atoms in total.